The van der Waals surface area contributed by atoms with E-state index in [0.29, 0.717) is 6.54 Å². The van der Waals surface area contributed by atoms with E-state index in [9.17, 15) is 4.79 Å². The number of benzene rings is 2. The lowest BCUT2D eigenvalue weighted by Gasteiger charge is -2.29. The Morgan fingerprint density at radius 3 is 2.59 bits per heavy atom. The van der Waals surface area contributed by atoms with Gasteiger partial charge in [0.05, 0.1) is 6.54 Å². The van der Waals surface area contributed by atoms with E-state index in [1.807, 2.05) is 66.6 Å². The van der Waals surface area contributed by atoms with Crippen molar-refractivity contribution < 1.29 is 4.79 Å². The first-order valence-corrected chi connectivity index (χ1v) is 10.4. The van der Waals surface area contributed by atoms with Gasteiger partial charge < -0.3 is 14.8 Å². The highest BCUT2D eigenvalue weighted by molar-refractivity contribution is 6.30. The first-order valence-electron chi connectivity index (χ1n) is 9.99. The van der Waals surface area contributed by atoms with Crippen molar-refractivity contribution in [3.8, 4) is 0 Å². The lowest BCUT2D eigenvalue weighted by Crippen LogP contribution is -2.41. The lowest BCUT2D eigenvalue weighted by atomic mass is 10.2. The fraction of sp³-hybridized carbons (Fsp3) is 0.292. The second-order valence-electron chi connectivity index (χ2n) is 7.44. The zero-order valence-electron chi connectivity index (χ0n) is 17.2. The van der Waals surface area contributed by atoms with Crippen LogP contribution in [0, 0.1) is 6.92 Å². The average molecular weight is 410 g/mol. The molecule has 1 heterocycles. The molecule has 2 aromatic carbocycles. The summed E-state index contributed by atoms with van der Waals surface area (Å²) >= 11 is 6.13. The average Bonchev–Trinajstić information content (AvgIpc) is 3.14. The van der Waals surface area contributed by atoms with E-state index in [4.69, 9.17) is 11.6 Å². The highest BCUT2D eigenvalue weighted by atomic mass is 35.5. The number of amides is 2. The van der Waals surface area contributed by atoms with Gasteiger partial charge in [0.25, 0.3) is 0 Å². The van der Waals surface area contributed by atoms with E-state index in [1.54, 1.807) is 0 Å². The van der Waals surface area contributed by atoms with Crippen molar-refractivity contribution in [2.24, 2.45) is 0 Å². The third-order valence-corrected chi connectivity index (χ3v) is 5.42. The molecule has 0 saturated heterocycles. The van der Waals surface area contributed by atoms with E-state index < -0.39 is 0 Å². The Bertz CT molecular complexity index is 949. The molecule has 0 aliphatic heterocycles. The van der Waals surface area contributed by atoms with Crippen molar-refractivity contribution in [1.82, 2.24) is 9.47 Å². The highest BCUT2D eigenvalue weighted by Crippen LogP contribution is 2.18. The molecule has 0 fully saturated rings. The monoisotopic (exact) mass is 409 g/mol. The first kappa shape index (κ1) is 21.0. The Hall–Kier alpha value is -2.72. The van der Waals surface area contributed by atoms with E-state index in [0.717, 1.165) is 34.9 Å². The zero-order valence-corrected chi connectivity index (χ0v) is 18.0. The smallest absolute Gasteiger partial charge is 0.322 e. The number of rotatable bonds is 7. The summed E-state index contributed by atoms with van der Waals surface area (Å²) in [6, 6.07) is 19.9. The van der Waals surface area contributed by atoms with Crippen molar-refractivity contribution in [3.63, 3.8) is 0 Å². The summed E-state index contributed by atoms with van der Waals surface area (Å²) < 4.78 is 2.17. The van der Waals surface area contributed by atoms with Crippen molar-refractivity contribution >= 4 is 23.3 Å². The van der Waals surface area contributed by atoms with Gasteiger partial charge in [0.1, 0.15) is 0 Å². The van der Waals surface area contributed by atoms with Crippen molar-refractivity contribution in [2.45, 2.75) is 46.3 Å². The van der Waals surface area contributed by atoms with Gasteiger partial charge in [-0.25, -0.2) is 4.79 Å². The van der Waals surface area contributed by atoms with Crippen LogP contribution in [0.3, 0.4) is 0 Å². The Morgan fingerprint density at radius 1 is 1.14 bits per heavy atom. The molecule has 2 amide bonds. The topological polar surface area (TPSA) is 37.3 Å². The van der Waals surface area contributed by atoms with Gasteiger partial charge in [-0.15, -0.1) is 0 Å². The minimum absolute atomic E-state index is 0.0845. The molecule has 152 valence electrons. The number of aryl methyl sites for hydroxylation is 1. The van der Waals surface area contributed by atoms with Gasteiger partial charge in [-0.2, -0.15) is 0 Å². The highest BCUT2D eigenvalue weighted by Gasteiger charge is 2.21. The number of nitrogens with zero attached hydrogens (tertiary/aromatic N) is 2. The fourth-order valence-electron chi connectivity index (χ4n) is 3.23. The number of urea groups is 1. The van der Waals surface area contributed by atoms with E-state index >= 15 is 0 Å². The van der Waals surface area contributed by atoms with Crippen molar-refractivity contribution in [1.29, 1.82) is 0 Å². The van der Waals surface area contributed by atoms with E-state index in [1.165, 1.54) is 5.56 Å². The zero-order chi connectivity index (χ0) is 20.8. The van der Waals surface area contributed by atoms with Crippen LogP contribution in [0.25, 0.3) is 0 Å². The molecule has 0 aliphatic rings. The van der Waals surface area contributed by atoms with Crippen molar-refractivity contribution in [3.05, 3.63) is 88.7 Å². The summed E-state index contributed by atoms with van der Waals surface area (Å²) in [5, 5.41) is 3.77. The van der Waals surface area contributed by atoms with Crippen LogP contribution in [0.2, 0.25) is 5.02 Å². The molecule has 4 nitrogen and oxygen atoms in total. The van der Waals surface area contributed by atoms with Crippen LogP contribution in [0.5, 0.6) is 0 Å². The molecule has 0 spiro atoms. The number of nitrogens with one attached hydrogen (secondary N) is 1. The second kappa shape index (κ2) is 9.66. The summed E-state index contributed by atoms with van der Waals surface area (Å²) in [6.45, 7) is 7.48. The molecule has 1 atom stereocenters. The Kier molecular flexibility index (Phi) is 6.99. The van der Waals surface area contributed by atoms with Crippen LogP contribution in [0.15, 0.2) is 66.9 Å². The maximum absolute atomic E-state index is 13.0. The third kappa shape index (κ3) is 5.64. The predicted octanol–water partition coefficient (Wildman–Crippen LogP) is 6.33. The predicted molar refractivity (Wildman–Crippen MR) is 120 cm³/mol. The van der Waals surface area contributed by atoms with Crippen LogP contribution >= 0.6 is 11.6 Å². The standard InChI is InChI=1S/C24H28ClN3O/c1-4-19(3)28(24(29)26-22-12-10-18(2)11-13-22)17-23-9-6-14-27(23)16-20-7-5-8-21(25)15-20/h5-15,19H,4,16-17H2,1-3H3,(H,26,29)/t19-/m0/s1. The maximum Gasteiger partial charge on any atom is 0.322 e. The number of hydrogen-bond acceptors (Lipinski definition) is 1. The van der Waals surface area contributed by atoms with Gasteiger partial charge in [-0.3, -0.25) is 0 Å². The Labute approximate surface area is 178 Å². The molecule has 29 heavy (non-hydrogen) atoms. The molecule has 0 bridgehead atoms. The normalized spacial score (nSPS) is 11.9. The molecule has 0 saturated carbocycles. The van der Waals surface area contributed by atoms with Crippen LogP contribution in [-0.2, 0) is 13.1 Å². The fourth-order valence-corrected chi connectivity index (χ4v) is 3.45. The van der Waals surface area contributed by atoms with Gasteiger partial charge in [0, 0.05) is 35.2 Å². The molecular weight excluding hydrogens is 382 g/mol. The quantitative estimate of drug-likeness (QED) is 0.486. The minimum atomic E-state index is -0.0845. The molecule has 3 rings (SSSR count). The van der Waals surface area contributed by atoms with Crippen LogP contribution in [0.4, 0.5) is 10.5 Å². The number of carbonyl (C=O) groups excluding carboxylic acids is 1. The van der Waals surface area contributed by atoms with Gasteiger partial charge >= 0.3 is 6.03 Å². The summed E-state index contributed by atoms with van der Waals surface area (Å²) in [4.78, 5) is 14.9. The van der Waals surface area contributed by atoms with Crippen LogP contribution in [0.1, 0.15) is 37.1 Å². The SMILES string of the molecule is CC[C@H](C)N(Cc1cccn1Cc1cccc(Cl)c1)C(=O)Nc1ccc(C)cc1. The van der Waals surface area contributed by atoms with E-state index in [2.05, 4.69) is 35.9 Å². The molecule has 0 radical (unpaired) electrons. The molecule has 1 aromatic heterocycles. The number of aromatic nitrogens is 1. The summed E-state index contributed by atoms with van der Waals surface area (Å²) in [5.41, 5.74) is 4.20. The van der Waals surface area contributed by atoms with Gasteiger partial charge in [-0.1, -0.05) is 48.4 Å². The Morgan fingerprint density at radius 2 is 1.90 bits per heavy atom. The molecule has 0 unspecified atom stereocenters. The number of carbonyl (C=O) groups is 1. The van der Waals surface area contributed by atoms with Crippen LogP contribution in [-0.4, -0.2) is 21.5 Å². The number of halogens is 1. The summed E-state index contributed by atoms with van der Waals surface area (Å²) in [5.74, 6) is 0. The molecule has 0 aliphatic carbocycles. The van der Waals surface area contributed by atoms with Gasteiger partial charge in [-0.05, 0) is 62.2 Å². The number of hydrogen-bond donors (Lipinski definition) is 1. The maximum atomic E-state index is 13.0. The largest absolute Gasteiger partial charge is 0.345 e. The van der Waals surface area contributed by atoms with Crippen LogP contribution < -0.4 is 5.32 Å². The Balaban J connectivity index is 1.76. The molecule has 5 heteroatoms. The summed E-state index contributed by atoms with van der Waals surface area (Å²) in [6.07, 6.45) is 2.93. The minimum Gasteiger partial charge on any atom is -0.345 e. The van der Waals surface area contributed by atoms with E-state index in [-0.39, 0.29) is 12.1 Å². The molecular formula is C24H28ClN3O. The summed E-state index contributed by atoms with van der Waals surface area (Å²) in [7, 11) is 0. The van der Waals surface area contributed by atoms with Crippen molar-refractivity contribution in [2.75, 3.05) is 5.32 Å². The molecule has 3 aromatic rings. The second-order valence-corrected chi connectivity index (χ2v) is 7.88. The third-order valence-electron chi connectivity index (χ3n) is 5.18. The number of anilines is 1. The molecule has 1 N–H and O–H groups in total. The van der Waals surface area contributed by atoms with Gasteiger partial charge in [0.2, 0.25) is 0 Å². The first-order chi connectivity index (χ1) is 14.0. The lowest BCUT2D eigenvalue weighted by molar-refractivity contribution is 0.185. The van der Waals surface area contributed by atoms with Gasteiger partial charge in [0.15, 0.2) is 0 Å².